The standard InChI is InChI=1S/C14H21N3O/c1-11-5-4-8-16-12(11)13(18)17-10-14(9-15)6-2-3-7-14/h4-5,8H,2-3,6-7,9-10,15H2,1H3,(H,17,18). The van der Waals surface area contributed by atoms with E-state index >= 15 is 0 Å². The fourth-order valence-electron chi connectivity index (χ4n) is 2.65. The molecule has 1 aliphatic carbocycles. The third-order valence-corrected chi connectivity index (χ3v) is 3.95. The van der Waals surface area contributed by atoms with E-state index in [2.05, 4.69) is 10.3 Å². The van der Waals surface area contributed by atoms with Crippen molar-refractivity contribution in [2.45, 2.75) is 32.6 Å². The highest BCUT2D eigenvalue weighted by Crippen LogP contribution is 2.36. The van der Waals surface area contributed by atoms with Gasteiger partial charge in [-0.25, -0.2) is 0 Å². The van der Waals surface area contributed by atoms with Gasteiger partial charge in [0.15, 0.2) is 0 Å². The van der Waals surface area contributed by atoms with Crippen LogP contribution >= 0.6 is 0 Å². The van der Waals surface area contributed by atoms with Gasteiger partial charge in [0.1, 0.15) is 5.69 Å². The Kier molecular flexibility index (Phi) is 3.97. The van der Waals surface area contributed by atoms with Crippen LogP contribution in [0.2, 0.25) is 0 Å². The molecule has 1 heterocycles. The Bertz CT molecular complexity index is 425. The molecule has 1 amide bonds. The van der Waals surface area contributed by atoms with Crippen LogP contribution in [0.15, 0.2) is 18.3 Å². The maximum Gasteiger partial charge on any atom is 0.270 e. The Hall–Kier alpha value is -1.42. The van der Waals surface area contributed by atoms with E-state index in [9.17, 15) is 4.79 Å². The number of aryl methyl sites for hydroxylation is 1. The van der Waals surface area contributed by atoms with E-state index in [4.69, 9.17) is 5.73 Å². The van der Waals surface area contributed by atoms with Gasteiger partial charge >= 0.3 is 0 Å². The molecule has 1 saturated carbocycles. The van der Waals surface area contributed by atoms with Gasteiger partial charge < -0.3 is 11.1 Å². The second-order valence-corrected chi connectivity index (χ2v) is 5.26. The molecular weight excluding hydrogens is 226 g/mol. The Morgan fingerprint density at radius 2 is 2.22 bits per heavy atom. The Labute approximate surface area is 108 Å². The van der Waals surface area contributed by atoms with Gasteiger partial charge in [-0.3, -0.25) is 9.78 Å². The number of nitrogens with one attached hydrogen (secondary N) is 1. The highest BCUT2D eigenvalue weighted by molar-refractivity contribution is 5.93. The molecule has 0 radical (unpaired) electrons. The SMILES string of the molecule is Cc1cccnc1C(=O)NCC1(CN)CCCC1. The second-order valence-electron chi connectivity index (χ2n) is 5.26. The first-order valence-electron chi connectivity index (χ1n) is 6.57. The third-order valence-electron chi connectivity index (χ3n) is 3.95. The fraction of sp³-hybridized carbons (Fsp3) is 0.571. The number of nitrogens with two attached hydrogens (primary N) is 1. The van der Waals surface area contributed by atoms with Crippen LogP contribution in [0.4, 0.5) is 0 Å². The molecule has 1 aliphatic rings. The summed E-state index contributed by atoms with van der Waals surface area (Å²) in [6.07, 6.45) is 6.32. The molecule has 0 aromatic carbocycles. The number of hydrogen-bond acceptors (Lipinski definition) is 3. The molecular formula is C14H21N3O. The minimum atomic E-state index is -0.0900. The summed E-state index contributed by atoms with van der Waals surface area (Å²) in [6.45, 7) is 3.21. The molecule has 0 spiro atoms. The van der Waals surface area contributed by atoms with Crippen LogP contribution in [0.5, 0.6) is 0 Å². The van der Waals surface area contributed by atoms with Gasteiger partial charge in [-0.05, 0) is 43.4 Å². The summed E-state index contributed by atoms with van der Waals surface area (Å²) in [5.41, 5.74) is 7.39. The number of rotatable bonds is 4. The van der Waals surface area contributed by atoms with E-state index in [-0.39, 0.29) is 11.3 Å². The normalized spacial score (nSPS) is 17.7. The van der Waals surface area contributed by atoms with E-state index in [1.54, 1.807) is 6.20 Å². The highest BCUT2D eigenvalue weighted by atomic mass is 16.1. The van der Waals surface area contributed by atoms with Crippen molar-refractivity contribution in [1.29, 1.82) is 0 Å². The molecule has 1 aromatic rings. The number of hydrogen-bond donors (Lipinski definition) is 2. The average Bonchev–Trinajstić information content (AvgIpc) is 2.86. The van der Waals surface area contributed by atoms with Gasteiger partial charge in [0.2, 0.25) is 0 Å². The zero-order valence-corrected chi connectivity index (χ0v) is 10.9. The topological polar surface area (TPSA) is 68.0 Å². The number of nitrogens with zero attached hydrogens (tertiary/aromatic N) is 1. The van der Waals surface area contributed by atoms with Crippen LogP contribution in [0, 0.1) is 12.3 Å². The largest absolute Gasteiger partial charge is 0.350 e. The van der Waals surface area contributed by atoms with Crippen molar-refractivity contribution >= 4 is 5.91 Å². The summed E-state index contributed by atoms with van der Waals surface area (Å²) in [4.78, 5) is 16.2. The Morgan fingerprint density at radius 3 is 2.83 bits per heavy atom. The molecule has 0 aliphatic heterocycles. The first-order valence-corrected chi connectivity index (χ1v) is 6.57. The van der Waals surface area contributed by atoms with Gasteiger partial charge in [0.05, 0.1) is 0 Å². The summed E-state index contributed by atoms with van der Waals surface area (Å²) in [5.74, 6) is -0.0900. The van der Waals surface area contributed by atoms with Crippen molar-refractivity contribution in [1.82, 2.24) is 10.3 Å². The molecule has 18 heavy (non-hydrogen) atoms. The number of carbonyl (C=O) groups excluding carboxylic acids is 1. The van der Waals surface area contributed by atoms with Crippen molar-refractivity contribution in [3.05, 3.63) is 29.6 Å². The van der Waals surface area contributed by atoms with Crippen molar-refractivity contribution in [2.24, 2.45) is 11.1 Å². The van der Waals surface area contributed by atoms with E-state index in [0.29, 0.717) is 18.8 Å². The lowest BCUT2D eigenvalue weighted by molar-refractivity contribution is 0.0926. The number of pyridine rings is 1. The molecule has 0 bridgehead atoms. The second kappa shape index (κ2) is 5.48. The van der Waals surface area contributed by atoms with Crippen LogP contribution in [0.25, 0.3) is 0 Å². The molecule has 1 aromatic heterocycles. The minimum absolute atomic E-state index is 0.0900. The number of aromatic nitrogens is 1. The number of amides is 1. The smallest absolute Gasteiger partial charge is 0.270 e. The Balaban J connectivity index is 1.98. The number of carbonyl (C=O) groups is 1. The molecule has 0 atom stereocenters. The van der Waals surface area contributed by atoms with Crippen LogP contribution < -0.4 is 11.1 Å². The predicted octanol–water partition coefficient (Wildman–Crippen LogP) is 1.64. The summed E-state index contributed by atoms with van der Waals surface area (Å²) in [5, 5.41) is 2.99. The van der Waals surface area contributed by atoms with Crippen molar-refractivity contribution < 1.29 is 4.79 Å². The van der Waals surface area contributed by atoms with E-state index in [1.165, 1.54) is 12.8 Å². The van der Waals surface area contributed by atoms with Gasteiger partial charge in [-0.2, -0.15) is 0 Å². The van der Waals surface area contributed by atoms with Crippen molar-refractivity contribution in [2.75, 3.05) is 13.1 Å². The zero-order valence-electron chi connectivity index (χ0n) is 10.9. The molecule has 2 rings (SSSR count). The average molecular weight is 247 g/mol. The Morgan fingerprint density at radius 1 is 1.50 bits per heavy atom. The fourth-order valence-corrected chi connectivity index (χ4v) is 2.65. The van der Waals surface area contributed by atoms with Gasteiger partial charge in [-0.15, -0.1) is 0 Å². The zero-order chi connectivity index (χ0) is 13.0. The summed E-state index contributed by atoms with van der Waals surface area (Å²) < 4.78 is 0. The van der Waals surface area contributed by atoms with E-state index < -0.39 is 0 Å². The van der Waals surface area contributed by atoms with Gasteiger partial charge in [-0.1, -0.05) is 18.9 Å². The molecule has 1 fully saturated rings. The quantitative estimate of drug-likeness (QED) is 0.850. The third kappa shape index (κ3) is 2.70. The highest BCUT2D eigenvalue weighted by Gasteiger charge is 2.32. The van der Waals surface area contributed by atoms with Crippen LogP contribution in [-0.4, -0.2) is 24.0 Å². The molecule has 0 unspecified atom stereocenters. The molecule has 4 heteroatoms. The minimum Gasteiger partial charge on any atom is -0.350 e. The molecule has 4 nitrogen and oxygen atoms in total. The maximum atomic E-state index is 12.1. The summed E-state index contributed by atoms with van der Waals surface area (Å²) in [7, 11) is 0. The molecule has 3 N–H and O–H groups in total. The van der Waals surface area contributed by atoms with Crippen LogP contribution in [0.1, 0.15) is 41.7 Å². The lowest BCUT2D eigenvalue weighted by Crippen LogP contribution is -2.41. The van der Waals surface area contributed by atoms with Gasteiger partial charge in [0.25, 0.3) is 5.91 Å². The monoisotopic (exact) mass is 247 g/mol. The van der Waals surface area contributed by atoms with Crippen LogP contribution in [-0.2, 0) is 0 Å². The van der Waals surface area contributed by atoms with E-state index in [1.807, 2.05) is 19.1 Å². The predicted molar refractivity (Wildman–Crippen MR) is 71.3 cm³/mol. The van der Waals surface area contributed by atoms with Gasteiger partial charge in [0, 0.05) is 12.7 Å². The molecule has 98 valence electrons. The maximum absolute atomic E-state index is 12.1. The lowest BCUT2D eigenvalue weighted by atomic mass is 9.86. The van der Waals surface area contributed by atoms with Crippen molar-refractivity contribution in [3.63, 3.8) is 0 Å². The molecule has 0 saturated heterocycles. The lowest BCUT2D eigenvalue weighted by Gasteiger charge is -2.27. The first-order chi connectivity index (χ1) is 8.67. The van der Waals surface area contributed by atoms with Crippen molar-refractivity contribution in [3.8, 4) is 0 Å². The van der Waals surface area contributed by atoms with E-state index in [0.717, 1.165) is 18.4 Å². The summed E-state index contributed by atoms with van der Waals surface area (Å²) >= 11 is 0. The first kappa shape index (κ1) is 13.0. The summed E-state index contributed by atoms with van der Waals surface area (Å²) in [6, 6.07) is 3.74. The van der Waals surface area contributed by atoms with Crippen LogP contribution in [0.3, 0.4) is 0 Å².